The first-order chi connectivity index (χ1) is 18.9. The molecule has 0 aliphatic carbocycles. The maximum absolute atomic E-state index is 12.6. The second-order valence-corrected chi connectivity index (χ2v) is 12.8. The Bertz CT molecular complexity index is 1550. The Labute approximate surface area is 243 Å². The van der Waals surface area contributed by atoms with E-state index in [0.29, 0.717) is 22.6 Å². The molecule has 1 fully saturated rings. The van der Waals surface area contributed by atoms with Crippen molar-refractivity contribution in [2.45, 2.75) is 52.4 Å². The summed E-state index contributed by atoms with van der Waals surface area (Å²) < 4.78 is 6.99. The van der Waals surface area contributed by atoms with Gasteiger partial charge < -0.3 is 19.6 Å². The van der Waals surface area contributed by atoms with Crippen LogP contribution in [0.4, 0.5) is 5.95 Å². The number of carboxylic acid groups (broad SMARTS) is 1. The van der Waals surface area contributed by atoms with Crippen LogP contribution in [-0.2, 0) is 9.53 Å². The maximum Gasteiger partial charge on any atom is 0.337 e. The van der Waals surface area contributed by atoms with Crippen molar-refractivity contribution in [3.63, 3.8) is 0 Å². The standard InChI is InChI=1S/C30H34ClN5O3S/c1-17-15-22-26(24(19-7-9-20(31)10-8-19)23(17)25(28(37)38)39-30(3,4)5)40-27(33-22)21-11-12-32-29(34-21)36-14-13-35(6)16-18(36)2/h7-12,15,18,25H,13-14,16H2,1-6H3,(H,37,38). The fraction of sp³-hybridized carbons (Fsp3) is 0.400. The van der Waals surface area contributed by atoms with Gasteiger partial charge in [0.1, 0.15) is 10.7 Å². The highest BCUT2D eigenvalue weighted by molar-refractivity contribution is 7.22. The van der Waals surface area contributed by atoms with Crippen LogP contribution in [0.1, 0.15) is 44.9 Å². The van der Waals surface area contributed by atoms with Gasteiger partial charge in [-0.05, 0) is 77.1 Å². The van der Waals surface area contributed by atoms with E-state index in [9.17, 15) is 9.90 Å². The number of aryl methyl sites for hydroxylation is 1. The van der Waals surface area contributed by atoms with Crippen LogP contribution >= 0.6 is 22.9 Å². The van der Waals surface area contributed by atoms with Gasteiger partial charge in [-0.3, -0.25) is 0 Å². The summed E-state index contributed by atoms with van der Waals surface area (Å²) in [4.78, 5) is 31.6. The summed E-state index contributed by atoms with van der Waals surface area (Å²) >= 11 is 7.71. The van der Waals surface area contributed by atoms with Crippen LogP contribution in [0, 0.1) is 6.92 Å². The van der Waals surface area contributed by atoms with Gasteiger partial charge in [0.25, 0.3) is 0 Å². The predicted molar refractivity (Wildman–Crippen MR) is 161 cm³/mol. The number of thiazole rings is 1. The van der Waals surface area contributed by atoms with Crippen LogP contribution in [-0.4, -0.2) is 69.3 Å². The molecule has 2 aromatic heterocycles. The molecule has 210 valence electrons. The van der Waals surface area contributed by atoms with E-state index in [2.05, 4.69) is 28.8 Å². The van der Waals surface area contributed by atoms with Crippen molar-refractivity contribution in [3.8, 4) is 21.8 Å². The number of likely N-dealkylation sites (N-methyl/N-ethyl adjacent to an activating group) is 1. The molecule has 1 saturated heterocycles. The van der Waals surface area contributed by atoms with E-state index in [0.717, 1.165) is 57.2 Å². The Morgan fingerprint density at radius 3 is 2.55 bits per heavy atom. The third kappa shape index (κ3) is 5.83. The average molecular weight is 580 g/mol. The number of aliphatic carboxylic acids is 1. The Hall–Kier alpha value is -3.11. The molecule has 2 atom stereocenters. The van der Waals surface area contributed by atoms with E-state index < -0.39 is 17.7 Å². The number of ether oxygens (including phenoxy) is 1. The number of hydrogen-bond acceptors (Lipinski definition) is 8. The first-order valence-electron chi connectivity index (χ1n) is 13.3. The molecule has 2 aromatic carbocycles. The summed E-state index contributed by atoms with van der Waals surface area (Å²) in [6.45, 7) is 12.4. The lowest BCUT2D eigenvalue weighted by molar-refractivity contribution is -0.160. The normalized spacial score (nSPS) is 17.4. The SMILES string of the molecule is Cc1cc2nc(-c3ccnc(N4CCN(C)CC4C)n3)sc2c(-c2ccc(Cl)cc2)c1C(OC(C)(C)C)C(=O)O. The molecule has 1 aliphatic heterocycles. The molecule has 5 rings (SSSR count). The molecule has 0 spiro atoms. The average Bonchev–Trinajstić information content (AvgIpc) is 3.30. The van der Waals surface area contributed by atoms with Crippen LogP contribution in [0.5, 0.6) is 0 Å². The van der Waals surface area contributed by atoms with Crippen molar-refractivity contribution in [1.29, 1.82) is 0 Å². The van der Waals surface area contributed by atoms with E-state index in [1.54, 1.807) is 6.20 Å². The van der Waals surface area contributed by atoms with E-state index in [-0.39, 0.29) is 0 Å². The fourth-order valence-electron chi connectivity index (χ4n) is 5.19. The number of nitrogens with zero attached hydrogens (tertiary/aromatic N) is 5. The molecule has 4 aromatic rings. The highest BCUT2D eigenvalue weighted by Crippen LogP contribution is 2.44. The quantitative estimate of drug-likeness (QED) is 0.278. The highest BCUT2D eigenvalue weighted by Gasteiger charge is 2.32. The van der Waals surface area contributed by atoms with Crippen molar-refractivity contribution < 1.29 is 14.6 Å². The van der Waals surface area contributed by atoms with Gasteiger partial charge >= 0.3 is 5.97 Å². The monoisotopic (exact) mass is 579 g/mol. The molecule has 1 N–H and O–H groups in total. The second-order valence-electron chi connectivity index (χ2n) is 11.4. The van der Waals surface area contributed by atoms with Crippen LogP contribution in [0.15, 0.2) is 42.6 Å². The molecule has 10 heteroatoms. The lowest BCUT2D eigenvalue weighted by Crippen LogP contribution is -2.51. The van der Waals surface area contributed by atoms with E-state index in [1.165, 1.54) is 11.3 Å². The number of hydrogen-bond donors (Lipinski definition) is 1. The smallest absolute Gasteiger partial charge is 0.337 e. The number of halogens is 1. The summed E-state index contributed by atoms with van der Waals surface area (Å²) in [5.74, 6) is -0.351. The zero-order valence-corrected chi connectivity index (χ0v) is 25.2. The predicted octanol–water partition coefficient (Wildman–Crippen LogP) is 6.46. The molecule has 1 aliphatic rings. The molecule has 3 heterocycles. The lowest BCUT2D eigenvalue weighted by atomic mass is 9.91. The summed E-state index contributed by atoms with van der Waals surface area (Å²) in [6.07, 6.45) is 0.619. The topological polar surface area (TPSA) is 91.7 Å². The number of rotatable bonds is 6. The molecule has 8 nitrogen and oxygen atoms in total. The number of fused-ring (bicyclic) bond motifs is 1. The first-order valence-corrected chi connectivity index (χ1v) is 14.5. The number of carbonyl (C=O) groups is 1. The van der Waals surface area contributed by atoms with Gasteiger partial charge in [0.05, 0.1) is 15.8 Å². The molecular weight excluding hydrogens is 546 g/mol. The van der Waals surface area contributed by atoms with Crippen molar-refractivity contribution in [1.82, 2.24) is 19.9 Å². The number of benzene rings is 2. The minimum atomic E-state index is -1.16. The molecule has 0 radical (unpaired) electrons. The largest absolute Gasteiger partial charge is 0.479 e. The van der Waals surface area contributed by atoms with Crippen molar-refractivity contribution in [3.05, 3.63) is 58.7 Å². The van der Waals surface area contributed by atoms with Gasteiger partial charge in [-0.25, -0.2) is 19.7 Å². The van der Waals surface area contributed by atoms with Gasteiger partial charge in [0.2, 0.25) is 5.95 Å². The summed E-state index contributed by atoms with van der Waals surface area (Å²) in [6, 6.07) is 11.6. The highest BCUT2D eigenvalue weighted by atomic mass is 35.5. The molecular formula is C30H34ClN5O3S. The molecule has 0 saturated carbocycles. The zero-order valence-electron chi connectivity index (χ0n) is 23.6. The van der Waals surface area contributed by atoms with Gasteiger partial charge in [0, 0.05) is 48.0 Å². The maximum atomic E-state index is 12.6. The Morgan fingerprint density at radius 2 is 1.90 bits per heavy atom. The summed E-state index contributed by atoms with van der Waals surface area (Å²) in [7, 11) is 2.13. The van der Waals surface area contributed by atoms with Crippen LogP contribution < -0.4 is 4.90 Å². The molecule has 40 heavy (non-hydrogen) atoms. The Morgan fingerprint density at radius 1 is 1.18 bits per heavy atom. The second kappa shape index (κ2) is 11.0. The van der Waals surface area contributed by atoms with E-state index in [1.807, 2.05) is 64.1 Å². The van der Waals surface area contributed by atoms with Crippen molar-refractivity contribution in [2.75, 3.05) is 31.6 Å². The third-order valence-electron chi connectivity index (χ3n) is 6.97. The lowest BCUT2D eigenvalue weighted by Gasteiger charge is -2.38. The first kappa shape index (κ1) is 28.4. The van der Waals surface area contributed by atoms with Crippen molar-refractivity contribution >= 4 is 45.1 Å². The van der Waals surface area contributed by atoms with Gasteiger partial charge in [-0.1, -0.05) is 23.7 Å². The van der Waals surface area contributed by atoms with Crippen LogP contribution in [0.25, 0.3) is 32.0 Å². The number of carboxylic acids is 1. The minimum absolute atomic E-state index is 0.293. The minimum Gasteiger partial charge on any atom is -0.479 e. The molecule has 0 bridgehead atoms. The van der Waals surface area contributed by atoms with Crippen molar-refractivity contribution in [2.24, 2.45) is 0 Å². The molecule has 2 unspecified atom stereocenters. The van der Waals surface area contributed by atoms with E-state index in [4.69, 9.17) is 26.3 Å². The van der Waals surface area contributed by atoms with Crippen LogP contribution in [0.3, 0.4) is 0 Å². The van der Waals surface area contributed by atoms with E-state index >= 15 is 0 Å². The number of anilines is 1. The fourth-order valence-corrected chi connectivity index (χ4v) is 6.41. The third-order valence-corrected chi connectivity index (χ3v) is 8.33. The summed E-state index contributed by atoms with van der Waals surface area (Å²) in [5.41, 5.74) is 3.88. The summed E-state index contributed by atoms with van der Waals surface area (Å²) in [5, 5.41) is 11.6. The number of aromatic nitrogens is 3. The Kier molecular flexibility index (Phi) is 7.85. The zero-order chi connectivity index (χ0) is 28.8. The van der Waals surface area contributed by atoms with Crippen LogP contribution in [0.2, 0.25) is 5.02 Å². The Balaban J connectivity index is 1.68. The van der Waals surface area contributed by atoms with Gasteiger partial charge in [-0.2, -0.15) is 0 Å². The van der Waals surface area contributed by atoms with Gasteiger partial charge in [-0.15, -0.1) is 11.3 Å². The number of piperazine rings is 1. The van der Waals surface area contributed by atoms with Gasteiger partial charge in [0.15, 0.2) is 6.10 Å². The molecule has 0 amide bonds.